The molecule has 0 radical (unpaired) electrons. The first-order chi connectivity index (χ1) is 4.70. The molecule has 56 valence electrons. The summed E-state index contributed by atoms with van der Waals surface area (Å²) in [7, 11) is 0. The quantitative estimate of drug-likeness (QED) is 0.546. The summed E-state index contributed by atoms with van der Waals surface area (Å²) in [6.07, 6.45) is 1.96. The van der Waals surface area contributed by atoms with Gasteiger partial charge in [-0.25, -0.2) is 9.59 Å². The molecule has 0 saturated carbocycles. The molecule has 0 aromatic rings. The Morgan fingerprint density at radius 2 is 1.30 bits per heavy atom. The zero-order chi connectivity index (χ0) is 7.98. The maximum Gasteiger partial charge on any atom is 0.340 e. The van der Waals surface area contributed by atoms with Gasteiger partial charge in [-0.05, 0) is 0 Å². The van der Waals surface area contributed by atoms with Gasteiger partial charge in [0.15, 0.2) is 46.0 Å². The number of carbonyl (C=O) groups is 2. The highest BCUT2D eigenvalue weighted by atomic mass is 127. The van der Waals surface area contributed by atoms with Gasteiger partial charge < -0.3 is 6.13 Å². The number of hydrogen-bond donors (Lipinski definition) is 0. The maximum absolute atomic E-state index is 10.3. The van der Waals surface area contributed by atoms with Crippen LogP contribution in [0.3, 0.4) is 0 Å². The topological polar surface area (TPSA) is 52.6 Å². The molecule has 0 heterocycles. The molecule has 0 fully saturated rings. The average molecular weight is 368 g/mol. The van der Waals surface area contributed by atoms with Crippen LogP contribution in [-0.2, 0) is 15.7 Å². The van der Waals surface area contributed by atoms with Gasteiger partial charge in [0, 0.05) is 12.2 Å². The summed E-state index contributed by atoms with van der Waals surface area (Å²) in [6.45, 7) is 0. The minimum absolute atomic E-state index is 0.595. The zero-order valence-corrected chi connectivity index (χ0v) is 8.86. The van der Waals surface area contributed by atoms with Gasteiger partial charge in [0.2, 0.25) is 0 Å². The minimum atomic E-state index is -0.595. The molecule has 0 bridgehead atoms. The molecule has 0 aromatic heterocycles. The van der Waals surface area contributed by atoms with E-state index in [1.54, 1.807) is 0 Å². The normalized spacial score (nSPS) is 9.40. The molecule has 4 nitrogen and oxygen atoms in total. The molecular weight excluding hydrogens is 366 g/mol. The van der Waals surface area contributed by atoms with Crippen molar-refractivity contribution in [1.29, 1.82) is 0 Å². The van der Waals surface area contributed by atoms with E-state index in [-0.39, 0.29) is 0 Å². The van der Waals surface area contributed by atoms with Crippen LogP contribution in [-0.4, -0.2) is 11.9 Å². The fourth-order valence-electron chi connectivity index (χ4n) is 0.188. The molecule has 0 aliphatic rings. The van der Waals surface area contributed by atoms with E-state index in [4.69, 9.17) is 0 Å². The van der Waals surface area contributed by atoms with Gasteiger partial charge in [0.25, 0.3) is 0 Å². The molecule has 0 spiro atoms. The largest absolute Gasteiger partial charge is 0.391 e. The van der Waals surface area contributed by atoms with Crippen LogP contribution < -0.4 is 0 Å². The maximum atomic E-state index is 10.3. The van der Waals surface area contributed by atoms with Crippen molar-refractivity contribution in [2.75, 3.05) is 0 Å². The van der Waals surface area contributed by atoms with Crippen LogP contribution in [0.25, 0.3) is 0 Å². The SMILES string of the molecule is O=C(/C=C/C(=O)OI)OI. The summed E-state index contributed by atoms with van der Waals surface area (Å²) in [5.74, 6) is -1.19. The van der Waals surface area contributed by atoms with Crippen LogP contribution in [0.1, 0.15) is 0 Å². The number of rotatable bonds is 2. The highest BCUT2D eigenvalue weighted by Crippen LogP contribution is 1.92. The van der Waals surface area contributed by atoms with Crippen molar-refractivity contribution in [2.45, 2.75) is 0 Å². The van der Waals surface area contributed by atoms with Crippen molar-refractivity contribution >= 4 is 58.0 Å². The molecule has 0 aliphatic carbocycles. The Hall–Kier alpha value is 0.140. The average Bonchev–Trinajstić information content (AvgIpc) is 1.99. The van der Waals surface area contributed by atoms with Crippen LogP contribution in [0.2, 0.25) is 0 Å². The number of hydrogen-bond acceptors (Lipinski definition) is 4. The third-order valence-corrected chi connectivity index (χ3v) is 1.38. The van der Waals surface area contributed by atoms with Crippen LogP contribution >= 0.6 is 46.0 Å². The Bertz CT molecular complexity index is 147. The van der Waals surface area contributed by atoms with Crippen molar-refractivity contribution in [3.8, 4) is 0 Å². The van der Waals surface area contributed by atoms with E-state index in [0.717, 1.165) is 12.2 Å². The van der Waals surface area contributed by atoms with E-state index in [1.807, 2.05) is 0 Å². The fourth-order valence-corrected chi connectivity index (χ4v) is 0.481. The number of halogens is 2. The lowest BCUT2D eigenvalue weighted by Gasteiger charge is -1.85. The smallest absolute Gasteiger partial charge is 0.340 e. The van der Waals surface area contributed by atoms with E-state index in [1.165, 1.54) is 46.0 Å². The predicted molar refractivity (Wildman–Crippen MR) is 49.4 cm³/mol. The van der Waals surface area contributed by atoms with Crippen molar-refractivity contribution in [1.82, 2.24) is 0 Å². The summed E-state index contributed by atoms with van der Waals surface area (Å²) < 4.78 is 8.36. The summed E-state index contributed by atoms with van der Waals surface area (Å²) in [6, 6.07) is 0. The Morgan fingerprint density at radius 1 is 1.00 bits per heavy atom. The highest BCUT2D eigenvalue weighted by Gasteiger charge is 1.96. The first-order valence-corrected chi connectivity index (χ1v) is 3.80. The van der Waals surface area contributed by atoms with E-state index >= 15 is 0 Å². The second-order valence-corrected chi connectivity index (χ2v) is 2.01. The summed E-state index contributed by atoms with van der Waals surface area (Å²) in [5.41, 5.74) is 0. The Kier molecular flexibility index (Phi) is 5.97. The second kappa shape index (κ2) is 5.89. The van der Waals surface area contributed by atoms with Crippen LogP contribution in [0.4, 0.5) is 0 Å². The van der Waals surface area contributed by atoms with Crippen LogP contribution in [0, 0.1) is 0 Å². The van der Waals surface area contributed by atoms with Gasteiger partial charge >= 0.3 is 11.9 Å². The fraction of sp³-hybridized carbons (Fsp3) is 0. The first-order valence-electron chi connectivity index (χ1n) is 2.04. The minimum Gasteiger partial charge on any atom is -0.391 e. The molecule has 0 unspecified atom stereocenters. The van der Waals surface area contributed by atoms with Crippen molar-refractivity contribution in [2.24, 2.45) is 0 Å². The second-order valence-electron chi connectivity index (χ2n) is 1.13. The third kappa shape index (κ3) is 4.97. The van der Waals surface area contributed by atoms with Crippen LogP contribution in [0.15, 0.2) is 12.2 Å². The van der Waals surface area contributed by atoms with E-state index in [0.29, 0.717) is 0 Å². The molecule has 0 aromatic carbocycles. The summed E-state index contributed by atoms with van der Waals surface area (Å²) in [4.78, 5) is 20.6. The molecule has 0 amide bonds. The molecular formula is C4H2I2O4. The molecule has 0 rings (SSSR count). The molecule has 0 aliphatic heterocycles. The monoisotopic (exact) mass is 368 g/mol. The zero-order valence-electron chi connectivity index (χ0n) is 4.54. The van der Waals surface area contributed by atoms with Gasteiger partial charge in [0.1, 0.15) is 0 Å². The standard InChI is InChI=1S/C4H2I2O4/c5-9-3(7)1-2-4(8)10-6/h1-2H/b2-1+. The molecule has 10 heavy (non-hydrogen) atoms. The van der Waals surface area contributed by atoms with Crippen molar-refractivity contribution in [3.63, 3.8) is 0 Å². The lowest BCUT2D eigenvalue weighted by Crippen LogP contribution is -1.94. The van der Waals surface area contributed by atoms with Gasteiger partial charge in [-0.15, -0.1) is 0 Å². The van der Waals surface area contributed by atoms with Gasteiger partial charge in [-0.3, -0.25) is 0 Å². The summed E-state index contributed by atoms with van der Waals surface area (Å²) >= 11 is 2.84. The Labute approximate surface area is 85.3 Å². The predicted octanol–water partition coefficient (Wildman–Crippen LogP) is 1.33. The molecule has 6 heteroatoms. The van der Waals surface area contributed by atoms with E-state index in [2.05, 4.69) is 6.13 Å². The van der Waals surface area contributed by atoms with Gasteiger partial charge in [-0.1, -0.05) is 0 Å². The molecule has 0 atom stereocenters. The Balaban J connectivity index is 3.75. The molecule has 0 N–H and O–H groups in total. The number of carbonyl (C=O) groups excluding carboxylic acids is 2. The lowest BCUT2D eigenvalue weighted by atomic mass is 10.5. The van der Waals surface area contributed by atoms with Gasteiger partial charge in [-0.2, -0.15) is 0 Å². The van der Waals surface area contributed by atoms with E-state index < -0.39 is 11.9 Å². The Morgan fingerprint density at radius 3 is 1.50 bits per heavy atom. The van der Waals surface area contributed by atoms with Crippen molar-refractivity contribution < 1.29 is 15.7 Å². The van der Waals surface area contributed by atoms with E-state index in [9.17, 15) is 9.59 Å². The van der Waals surface area contributed by atoms with Crippen LogP contribution in [0.5, 0.6) is 0 Å². The van der Waals surface area contributed by atoms with Gasteiger partial charge in [0.05, 0.1) is 0 Å². The molecule has 0 saturated heterocycles. The first kappa shape index (κ1) is 10.1. The third-order valence-electron chi connectivity index (χ3n) is 0.508. The lowest BCUT2D eigenvalue weighted by molar-refractivity contribution is -0.128. The van der Waals surface area contributed by atoms with Crippen molar-refractivity contribution in [3.05, 3.63) is 12.2 Å². The highest BCUT2D eigenvalue weighted by molar-refractivity contribution is 14.1. The summed E-state index contributed by atoms with van der Waals surface area (Å²) in [5, 5.41) is 0.